The number of hydrogen-bond donors (Lipinski definition) is 1. The third kappa shape index (κ3) is 3.99. The molecule has 0 radical (unpaired) electrons. The second-order valence-corrected chi connectivity index (χ2v) is 9.96. The van der Waals surface area contributed by atoms with Gasteiger partial charge in [0.2, 0.25) is 0 Å². The van der Waals surface area contributed by atoms with Crippen LogP contribution in [0.4, 0.5) is 0 Å². The lowest BCUT2D eigenvalue weighted by molar-refractivity contribution is 0.110. The topological polar surface area (TPSA) is 94.2 Å². The number of fused-ring (bicyclic) bond motifs is 1. The van der Waals surface area contributed by atoms with Crippen LogP contribution in [0.25, 0.3) is 22.6 Å². The van der Waals surface area contributed by atoms with Gasteiger partial charge in [0.05, 0.1) is 27.8 Å². The van der Waals surface area contributed by atoms with Gasteiger partial charge < -0.3 is 14.5 Å². The lowest BCUT2D eigenvalue weighted by atomic mass is 10.0. The van der Waals surface area contributed by atoms with Crippen LogP contribution in [0, 0.1) is 0 Å². The molecular formula is C24H23N3O4S. The molecule has 1 saturated heterocycles. The van der Waals surface area contributed by atoms with Crippen LogP contribution in [0.1, 0.15) is 31.4 Å². The number of rotatable bonds is 6. The molecule has 0 bridgehead atoms. The first kappa shape index (κ1) is 20.7. The number of imidazole rings is 1. The molecule has 7 nitrogen and oxygen atoms in total. The van der Waals surface area contributed by atoms with Crippen LogP contribution >= 0.6 is 0 Å². The molecule has 1 aliphatic rings. The second-order valence-electron chi connectivity index (χ2n) is 7.69. The largest absolute Gasteiger partial charge is 0.457 e. The van der Waals surface area contributed by atoms with E-state index in [4.69, 9.17) is 14.5 Å². The average Bonchev–Trinajstić information content (AvgIpc) is 3.49. The zero-order valence-electron chi connectivity index (χ0n) is 17.6. The van der Waals surface area contributed by atoms with Gasteiger partial charge in [-0.15, -0.1) is 0 Å². The van der Waals surface area contributed by atoms with Crippen molar-refractivity contribution in [1.29, 1.82) is 0 Å². The van der Waals surface area contributed by atoms with Crippen LogP contribution in [0.15, 0.2) is 65.7 Å². The Balaban J connectivity index is 1.53. The molecule has 3 heterocycles. The van der Waals surface area contributed by atoms with Crippen molar-refractivity contribution in [3.8, 4) is 23.0 Å². The standard InChI is InChI=1S/C24H23N3O4S/c1-2-32(28,29)17-10-8-16(9-11-17)31-23-15-21-20(14-18(23)22-7-5-13-30-22)26-24(27-21)19-6-3-4-12-25-19/h3-4,6,8-12,14-15,22H,2,5,7,13H2,1H3,(H,26,27)/t22-/m0/s1. The molecule has 0 spiro atoms. The molecule has 1 N–H and O–H groups in total. The van der Waals surface area contributed by atoms with E-state index in [1.165, 1.54) is 0 Å². The summed E-state index contributed by atoms with van der Waals surface area (Å²) in [5.41, 5.74) is 3.34. The number of aromatic nitrogens is 3. The van der Waals surface area contributed by atoms with Gasteiger partial charge in [0.15, 0.2) is 15.7 Å². The van der Waals surface area contributed by atoms with Gasteiger partial charge in [-0.1, -0.05) is 13.0 Å². The summed E-state index contributed by atoms with van der Waals surface area (Å²) in [6, 6.07) is 16.1. The summed E-state index contributed by atoms with van der Waals surface area (Å²) in [5.74, 6) is 1.95. The number of ether oxygens (including phenoxy) is 2. The normalized spacial score (nSPS) is 16.5. The molecule has 164 valence electrons. The molecule has 1 aliphatic heterocycles. The first-order chi connectivity index (χ1) is 15.5. The number of H-pyrrole nitrogens is 1. The molecule has 0 amide bonds. The molecule has 2 aromatic heterocycles. The zero-order valence-corrected chi connectivity index (χ0v) is 18.4. The minimum absolute atomic E-state index is 0.0595. The summed E-state index contributed by atoms with van der Waals surface area (Å²) in [6.45, 7) is 2.35. The summed E-state index contributed by atoms with van der Waals surface area (Å²) in [4.78, 5) is 12.7. The predicted molar refractivity (Wildman–Crippen MR) is 121 cm³/mol. The van der Waals surface area contributed by atoms with E-state index < -0.39 is 9.84 Å². The highest BCUT2D eigenvalue weighted by atomic mass is 32.2. The molecule has 2 aromatic carbocycles. The van der Waals surface area contributed by atoms with Gasteiger partial charge in [0, 0.05) is 24.4 Å². The first-order valence-corrected chi connectivity index (χ1v) is 12.3. The SMILES string of the molecule is CCS(=O)(=O)c1ccc(Oc2cc3nc(-c4ccccn4)[nH]c3cc2[C@@H]2CCCO2)cc1. The van der Waals surface area contributed by atoms with Gasteiger partial charge in [-0.3, -0.25) is 4.98 Å². The van der Waals surface area contributed by atoms with E-state index in [9.17, 15) is 8.42 Å². The van der Waals surface area contributed by atoms with Crippen molar-refractivity contribution >= 4 is 20.9 Å². The van der Waals surface area contributed by atoms with Crippen molar-refractivity contribution in [3.05, 3.63) is 66.4 Å². The van der Waals surface area contributed by atoms with E-state index in [0.29, 0.717) is 23.9 Å². The van der Waals surface area contributed by atoms with Crippen LogP contribution in [0.5, 0.6) is 11.5 Å². The first-order valence-electron chi connectivity index (χ1n) is 10.6. The van der Waals surface area contributed by atoms with Crippen LogP contribution in [0.2, 0.25) is 0 Å². The Labute approximate surface area is 186 Å². The molecule has 0 saturated carbocycles. The third-order valence-electron chi connectivity index (χ3n) is 5.59. The summed E-state index contributed by atoms with van der Waals surface area (Å²) in [5, 5.41) is 0. The number of nitrogens with zero attached hydrogens (tertiary/aromatic N) is 2. The number of pyridine rings is 1. The van der Waals surface area contributed by atoms with Crippen LogP contribution in [-0.2, 0) is 14.6 Å². The van der Waals surface area contributed by atoms with Crippen molar-refractivity contribution < 1.29 is 17.9 Å². The van der Waals surface area contributed by atoms with Crippen LogP contribution < -0.4 is 4.74 Å². The monoisotopic (exact) mass is 449 g/mol. The molecule has 1 fully saturated rings. The van der Waals surface area contributed by atoms with Crippen molar-refractivity contribution in [2.24, 2.45) is 0 Å². The Morgan fingerprint density at radius 1 is 1.16 bits per heavy atom. The molecule has 5 rings (SSSR count). The zero-order chi connectivity index (χ0) is 22.1. The highest BCUT2D eigenvalue weighted by Gasteiger charge is 2.24. The summed E-state index contributed by atoms with van der Waals surface area (Å²) >= 11 is 0. The fourth-order valence-electron chi connectivity index (χ4n) is 3.85. The van der Waals surface area contributed by atoms with E-state index in [1.54, 1.807) is 37.4 Å². The number of aromatic amines is 1. The van der Waals surface area contributed by atoms with E-state index in [1.807, 2.05) is 30.3 Å². The van der Waals surface area contributed by atoms with E-state index in [-0.39, 0.29) is 16.8 Å². The van der Waals surface area contributed by atoms with E-state index in [2.05, 4.69) is 9.97 Å². The van der Waals surface area contributed by atoms with Gasteiger partial charge in [0.1, 0.15) is 17.2 Å². The van der Waals surface area contributed by atoms with Gasteiger partial charge in [-0.05, 0) is 55.3 Å². The maximum Gasteiger partial charge on any atom is 0.178 e. The molecule has 8 heteroatoms. The maximum atomic E-state index is 12.1. The lowest BCUT2D eigenvalue weighted by Gasteiger charge is -2.16. The molecule has 32 heavy (non-hydrogen) atoms. The van der Waals surface area contributed by atoms with Crippen molar-refractivity contribution in [1.82, 2.24) is 15.0 Å². The highest BCUT2D eigenvalue weighted by Crippen LogP contribution is 2.39. The minimum atomic E-state index is -3.26. The Bertz CT molecular complexity index is 1340. The Kier molecular flexibility index (Phi) is 5.40. The predicted octanol–water partition coefficient (Wildman–Crippen LogP) is 5.06. The fourth-order valence-corrected chi connectivity index (χ4v) is 4.73. The lowest BCUT2D eigenvalue weighted by Crippen LogP contribution is -2.03. The van der Waals surface area contributed by atoms with Gasteiger partial charge in [-0.2, -0.15) is 0 Å². The van der Waals surface area contributed by atoms with Crippen molar-refractivity contribution in [2.45, 2.75) is 30.8 Å². The summed E-state index contributed by atoms with van der Waals surface area (Å²) in [7, 11) is -3.26. The van der Waals surface area contributed by atoms with E-state index >= 15 is 0 Å². The average molecular weight is 450 g/mol. The molecule has 0 aliphatic carbocycles. The smallest absolute Gasteiger partial charge is 0.178 e. The number of sulfone groups is 1. The van der Waals surface area contributed by atoms with E-state index in [0.717, 1.165) is 35.1 Å². The number of benzene rings is 2. The van der Waals surface area contributed by atoms with Crippen LogP contribution in [-0.4, -0.2) is 35.7 Å². The quantitative estimate of drug-likeness (QED) is 0.442. The van der Waals surface area contributed by atoms with Crippen molar-refractivity contribution in [2.75, 3.05) is 12.4 Å². The Hall–Kier alpha value is -3.23. The van der Waals surface area contributed by atoms with Gasteiger partial charge >= 0.3 is 0 Å². The molecule has 1 atom stereocenters. The Morgan fingerprint density at radius 2 is 2.00 bits per heavy atom. The Morgan fingerprint density at radius 3 is 2.69 bits per heavy atom. The molecule has 4 aromatic rings. The number of hydrogen-bond acceptors (Lipinski definition) is 6. The highest BCUT2D eigenvalue weighted by molar-refractivity contribution is 7.91. The molecular weight excluding hydrogens is 426 g/mol. The molecule has 0 unspecified atom stereocenters. The second kappa shape index (κ2) is 8.37. The maximum absolute atomic E-state index is 12.1. The van der Waals surface area contributed by atoms with Gasteiger partial charge in [-0.25, -0.2) is 13.4 Å². The van der Waals surface area contributed by atoms with Crippen molar-refractivity contribution in [3.63, 3.8) is 0 Å². The third-order valence-corrected chi connectivity index (χ3v) is 7.34. The van der Waals surface area contributed by atoms with Gasteiger partial charge in [0.25, 0.3) is 0 Å². The summed E-state index contributed by atoms with van der Waals surface area (Å²) in [6.07, 6.45) is 3.58. The minimum Gasteiger partial charge on any atom is -0.457 e. The fraction of sp³-hybridized carbons (Fsp3) is 0.250. The number of nitrogens with one attached hydrogen (secondary N) is 1. The summed E-state index contributed by atoms with van der Waals surface area (Å²) < 4.78 is 36.3. The van der Waals surface area contributed by atoms with Crippen LogP contribution in [0.3, 0.4) is 0 Å².